The Hall–Kier alpha value is -1.71. The Labute approximate surface area is 128 Å². The highest BCUT2D eigenvalue weighted by atomic mass is 16.5. The maximum Gasteiger partial charge on any atom is 0.319 e. The van der Waals surface area contributed by atoms with E-state index in [0.29, 0.717) is 0 Å². The number of urea groups is 1. The van der Waals surface area contributed by atoms with Gasteiger partial charge in [0.1, 0.15) is 5.75 Å². The molecule has 0 atom stereocenters. The van der Waals surface area contributed by atoms with Gasteiger partial charge in [-0.05, 0) is 43.5 Å². The SMILES string of the molecule is CCCCCNC(=O)Nc1ccc(OCCCC)cc1C. The Bertz CT molecular complexity index is 433. The van der Waals surface area contributed by atoms with E-state index in [-0.39, 0.29) is 6.03 Å². The number of hydrogen-bond acceptors (Lipinski definition) is 2. The number of carbonyl (C=O) groups excluding carboxylic acids is 1. The van der Waals surface area contributed by atoms with Crippen molar-refractivity contribution in [3.05, 3.63) is 23.8 Å². The number of unbranched alkanes of at least 4 members (excludes halogenated alkanes) is 3. The van der Waals surface area contributed by atoms with Crippen molar-refractivity contribution in [3.63, 3.8) is 0 Å². The van der Waals surface area contributed by atoms with Gasteiger partial charge in [0.15, 0.2) is 0 Å². The summed E-state index contributed by atoms with van der Waals surface area (Å²) in [6.45, 7) is 7.71. The van der Waals surface area contributed by atoms with E-state index in [1.165, 1.54) is 0 Å². The van der Waals surface area contributed by atoms with Gasteiger partial charge in [0.25, 0.3) is 0 Å². The van der Waals surface area contributed by atoms with Crippen LogP contribution in [0.1, 0.15) is 51.5 Å². The van der Waals surface area contributed by atoms with E-state index < -0.39 is 0 Å². The van der Waals surface area contributed by atoms with Crippen LogP contribution in [0.5, 0.6) is 5.75 Å². The molecular formula is C17H28N2O2. The van der Waals surface area contributed by atoms with Gasteiger partial charge in [-0.15, -0.1) is 0 Å². The largest absolute Gasteiger partial charge is 0.494 e. The number of rotatable bonds is 9. The first kappa shape index (κ1) is 17.3. The molecule has 0 fully saturated rings. The maximum atomic E-state index is 11.8. The van der Waals surface area contributed by atoms with Crippen LogP contribution in [0.25, 0.3) is 0 Å². The van der Waals surface area contributed by atoms with E-state index in [1.54, 1.807) is 0 Å². The summed E-state index contributed by atoms with van der Waals surface area (Å²) in [4.78, 5) is 11.8. The standard InChI is InChI=1S/C17H28N2O2/c1-4-6-8-11-18-17(20)19-16-10-9-15(13-14(16)3)21-12-7-5-2/h9-10,13H,4-8,11-12H2,1-3H3,(H2,18,19,20). The van der Waals surface area contributed by atoms with Gasteiger partial charge in [0.05, 0.1) is 6.61 Å². The van der Waals surface area contributed by atoms with Crippen molar-refractivity contribution in [2.45, 2.75) is 52.9 Å². The molecule has 0 spiro atoms. The fourth-order valence-corrected chi connectivity index (χ4v) is 1.94. The van der Waals surface area contributed by atoms with Gasteiger partial charge in [0.2, 0.25) is 0 Å². The number of amides is 2. The highest BCUT2D eigenvalue weighted by Crippen LogP contribution is 2.21. The molecule has 21 heavy (non-hydrogen) atoms. The fourth-order valence-electron chi connectivity index (χ4n) is 1.94. The predicted molar refractivity (Wildman–Crippen MR) is 88.1 cm³/mol. The molecule has 0 saturated heterocycles. The lowest BCUT2D eigenvalue weighted by Crippen LogP contribution is -2.29. The fraction of sp³-hybridized carbons (Fsp3) is 0.588. The first-order chi connectivity index (χ1) is 10.2. The van der Waals surface area contributed by atoms with Crippen LogP contribution in [-0.4, -0.2) is 19.2 Å². The van der Waals surface area contributed by atoms with E-state index in [0.717, 1.165) is 62.3 Å². The van der Waals surface area contributed by atoms with Crippen molar-refractivity contribution in [3.8, 4) is 5.75 Å². The minimum Gasteiger partial charge on any atom is -0.494 e. The lowest BCUT2D eigenvalue weighted by atomic mass is 10.2. The quantitative estimate of drug-likeness (QED) is 0.659. The molecule has 1 rings (SSSR count). The van der Waals surface area contributed by atoms with Crippen LogP contribution in [0.15, 0.2) is 18.2 Å². The minimum absolute atomic E-state index is 0.145. The van der Waals surface area contributed by atoms with Gasteiger partial charge in [-0.1, -0.05) is 33.1 Å². The zero-order valence-corrected chi connectivity index (χ0v) is 13.5. The van der Waals surface area contributed by atoms with Crippen LogP contribution in [0.4, 0.5) is 10.5 Å². The van der Waals surface area contributed by atoms with E-state index in [4.69, 9.17) is 4.74 Å². The second-order valence-corrected chi connectivity index (χ2v) is 5.27. The summed E-state index contributed by atoms with van der Waals surface area (Å²) in [6.07, 6.45) is 5.49. The summed E-state index contributed by atoms with van der Waals surface area (Å²) in [5, 5.41) is 5.74. The summed E-state index contributed by atoms with van der Waals surface area (Å²) >= 11 is 0. The van der Waals surface area contributed by atoms with Gasteiger partial charge in [-0.3, -0.25) is 0 Å². The Morgan fingerprint density at radius 3 is 2.57 bits per heavy atom. The molecule has 0 aliphatic heterocycles. The summed E-state index contributed by atoms with van der Waals surface area (Å²) in [5.74, 6) is 0.856. The summed E-state index contributed by atoms with van der Waals surface area (Å²) in [5.41, 5.74) is 1.83. The zero-order valence-electron chi connectivity index (χ0n) is 13.5. The molecule has 0 unspecified atom stereocenters. The normalized spacial score (nSPS) is 10.2. The van der Waals surface area contributed by atoms with E-state index in [9.17, 15) is 4.79 Å². The Morgan fingerprint density at radius 2 is 1.90 bits per heavy atom. The third-order valence-electron chi connectivity index (χ3n) is 3.28. The first-order valence-electron chi connectivity index (χ1n) is 7.95. The molecule has 2 N–H and O–H groups in total. The van der Waals surface area contributed by atoms with Crippen LogP contribution in [-0.2, 0) is 0 Å². The predicted octanol–water partition coefficient (Wildman–Crippen LogP) is 4.49. The minimum atomic E-state index is -0.145. The molecule has 1 aromatic carbocycles. The van der Waals surface area contributed by atoms with Crippen molar-refractivity contribution in [2.24, 2.45) is 0 Å². The average molecular weight is 292 g/mol. The maximum absolute atomic E-state index is 11.8. The summed E-state index contributed by atoms with van der Waals surface area (Å²) in [7, 11) is 0. The number of hydrogen-bond donors (Lipinski definition) is 2. The number of carbonyl (C=O) groups is 1. The van der Waals surface area contributed by atoms with E-state index >= 15 is 0 Å². The molecule has 4 heteroatoms. The van der Waals surface area contributed by atoms with Gasteiger partial charge in [-0.2, -0.15) is 0 Å². The molecule has 0 aliphatic rings. The molecule has 0 saturated carbocycles. The first-order valence-corrected chi connectivity index (χ1v) is 7.95. The van der Waals surface area contributed by atoms with Crippen molar-refractivity contribution < 1.29 is 9.53 Å². The number of anilines is 1. The van der Waals surface area contributed by atoms with Crippen LogP contribution in [0, 0.1) is 6.92 Å². The van der Waals surface area contributed by atoms with Gasteiger partial charge in [-0.25, -0.2) is 4.79 Å². The number of nitrogens with one attached hydrogen (secondary N) is 2. The smallest absolute Gasteiger partial charge is 0.319 e. The molecule has 0 radical (unpaired) electrons. The lowest BCUT2D eigenvalue weighted by Gasteiger charge is -2.12. The second kappa shape index (κ2) is 10.1. The van der Waals surface area contributed by atoms with Crippen molar-refractivity contribution in [2.75, 3.05) is 18.5 Å². The molecule has 2 amide bonds. The Kier molecular flexibility index (Phi) is 8.32. The summed E-state index contributed by atoms with van der Waals surface area (Å²) in [6, 6.07) is 5.61. The topological polar surface area (TPSA) is 50.4 Å². The molecule has 0 aliphatic carbocycles. The van der Waals surface area contributed by atoms with Gasteiger partial charge < -0.3 is 15.4 Å². The van der Waals surface area contributed by atoms with Gasteiger partial charge >= 0.3 is 6.03 Å². The third-order valence-corrected chi connectivity index (χ3v) is 3.28. The van der Waals surface area contributed by atoms with Crippen molar-refractivity contribution in [1.29, 1.82) is 0 Å². The molecule has 0 heterocycles. The second-order valence-electron chi connectivity index (χ2n) is 5.27. The van der Waals surface area contributed by atoms with E-state index in [2.05, 4.69) is 24.5 Å². The van der Waals surface area contributed by atoms with Crippen LogP contribution >= 0.6 is 0 Å². The number of aryl methyl sites for hydroxylation is 1. The van der Waals surface area contributed by atoms with E-state index in [1.807, 2.05) is 25.1 Å². The highest BCUT2D eigenvalue weighted by molar-refractivity contribution is 5.90. The Morgan fingerprint density at radius 1 is 1.14 bits per heavy atom. The monoisotopic (exact) mass is 292 g/mol. The van der Waals surface area contributed by atoms with Crippen molar-refractivity contribution >= 4 is 11.7 Å². The molecule has 0 bridgehead atoms. The average Bonchev–Trinajstić information content (AvgIpc) is 2.47. The van der Waals surface area contributed by atoms with Crippen LogP contribution in [0.3, 0.4) is 0 Å². The Balaban J connectivity index is 2.42. The third kappa shape index (κ3) is 7.02. The molecule has 0 aromatic heterocycles. The van der Waals surface area contributed by atoms with Crippen LogP contribution < -0.4 is 15.4 Å². The number of ether oxygens (including phenoxy) is 1. The zero-order chi connectivity index (χ0) is 15.5. The highest BCUT2D eigenvalue weighted by Gasteiger charge is 2.05. The molecular weight excluding hydrogens is 264 g/mol. The van der Waals surface area contributed by atoms with Crippen LogP contribution in [0.2, 0.25) is 0 Å². The molecule has 4 nitrogen and oxygen atoms in total. The summed E-state index contributed by atoms with van der Waals surface area (Å²) < 4.78 is 5.65. The molecule has 118 valence electrons. The lowest BCUT2D eigenvalue weighted by molar-refractivity contribution is 0.252. The van der Waals surface area contributed by atoms with Crippen molar-refractivity contribution in [1.82, 2.24) is 5.32 Å². The van der Waals surface area contributed by atoms with Gasteiger partial charge in [0, 0.05) is 12.2 Å². The molecule has 1 aromatic rings. The number of benzene rings is 1.